The predicted octanol–water partition coefficient (Wildman–Crippen LogP) is 4.04. The van der Waals surface area contributed by atoms with Crippen LogP contribution in [0.25, 0.3) is 10.8 Å². The minimum absolute atomic E-state index is 0.166. The lowest BCUT2D eigenvalue weighted by Gasteiger charge is -2.16. The molecule has 3 aromatic rings. The Morgan fingerprint density at radius 1 is 0.889 bits per heavy atom. The Kier molecular flexibility index (Phi) is 4.76. The third kappa shape index (κ3) is 3.77. The zero-order valence-electron chi connectivity index (χ0n) is 15.0. The second kappa shape index (κ2) is 7.21. The van der Waals surface area contributed by atoms with Gasteiger partial charge < -0.3 is 9.47 Å². The van der Waals surface area contributed by atoms with Crippen molar-refractivity contribution in [2.45, 2.75) is 24.3 Å². The molecule has 1 unspecified atom stereocenters. The van der Waals surface area contributed by atoms with E-state index < -0.39 is 10.0 Å². The van der Waals surface area contributed by atoms with Gasteiger partial charge in [0.05, 0.1) is 18.1 Å². The number of ether oxygens (including phenoxy) is 2. The fourth-order valence-corrected chi connectivity index (χ4v) is 4.40. The van der Waals surface area contributed by atoms with E-state index in [1.807, 2.05) is 49.4 Å². The van der Waals surface area contributed by atoms with Crippen LogP contribution in [0.15, 0.2) is 65.6 Å². The molecule has 0 saturated heterocycles. The number of fused-ring (bicyclic) bond motifs is 2. The molecule has 5 nitrogen and oxygen atoms in total. The van der Waals surface area contributed by atoms with Crippen LogP contribution in [0.3, 0.4) is 0 Å². The van der Waals surface area contributed by atoms with E-state index in [1.165, 1.54) is 6.07 Å². The lowest BCUT2D eigenvalue weighted by molar-refractivity contribution is 0.297. The summed E-state index contributed by atoms with van der Waals surface area (Å²) in [6.07, 6.45) is 0.772. The number of hydrogen-bond donors (Lipinski definition) is 1. The van der Waals surface area contributed by atoms with Crippen molar-refractivity contribution in [2.75, 3.05) is 13.2 Å². The predicted molar refractivity (Wildman–Crippen MR) is 105 cm³/mol. The van der Waals surface area contributed by atoms with Crippen LogP contribution >= 0.6 is 0 Å². The number of nitrogens with one attached hydrogen (secondary N) is 1. The fourth-order valence-electron chi connectivity index (χ4n) is 3.16. The molecule has 0 aliphatic carbocycles. The Balaban J connectivity index is 1.59. The summed E-state index contributed by atoms with van der Waals surface area (Å²) >= 11 is 0. The van der Waals surface area contributed by atoms with E-state index in [9.17, 15) is 8.42 Å². The molecule has 0 spiro atoms. The normalized spacial score (nSPS) is 15.3. The molecule has 6 heteroatoms. The van der Waals surface area contributed by atoms with Crippen LogP contribution in [-0.2, 0) is 10.0 Å². The lowest BCUT2D eigenvalue weighted by Crippen LogP contribution is -2.26. The molecule has 1 aliphatic heterocycles. The second-order valence-electron chi connectivity index (χ2n) is 6.61. The first-order valence-corrected chi connectivity index (χ1v) is 10.4. The summed E-state index contributed by atoms with van der Waals surface area (Å²) in [4.78, 5) is 0.166. The Bertz CT molecular complexity index is 1080. The SMILES string of the molecule is CC(NS(=O)(=O)c1ccc2c(c1)OCCCO2)c1ccc2ccccc2c1. The summed E-state index contributed by atoms with van der Waals surface area (Å²) in [7, 11) is -3.69. The molecule has 0 aromatic heterocycles. The second-order valence-corrected chi connectivity index (χ2v) is 8.32. The van der Waals surface area contributed by atoms with Gasteiger partial charge in [-0.25, -0.2) is 13.1 Å². The van der Waals surface area contributed by atoms with E-state index >= 15 is 0 Å². The highest BCUT2D eigenvalue weighted by atomic mass is 32.2. The van der Waals surface area contributed by atoms with Gasteiger partial charge in [-0.05, 0) is 41.5 Å². The van der Waals surface area contributed by atoms with Gasteiger partial charge in [0, 0.05) is 18.5 Å². The van der Waals surface area contributed by atoms with Gasteiger partial charge in [-0.3, -0.25) is 0 Å². The van der Waals surface area contributed by atoms with Gasteiger partial charge in [-0.2, -0.15) is 0 Å². The van der Waals surface area contributed by atoms with E-state index in [2.05, 4.69) is 4.72 Å². The van der Waals surface area contributed by atoms with Gasteiger partial charge in [0.25, 0.3) is 0 Å². The van der Waals surface area contributed by atoms with Gasteiger partial charge in [-0.15, -0.1) is 0 Å². The van der Waals surface area contributed by atoms with Crippen LogP contribution in [0.5, 0.6) is 11.5 Å². The van der Waals surface area contributed by atoms with Crippen molar-refractivity contribution in [3.63, 3.8) is 0 Å². The Labute approximate surface area is 159 Å². The van der Waals surface area contributed by atoms with Crippen LogP contribution in [0.4, 0.5) is 0 Å². The van der Waals surface area contributed by atoms with Gasteiger partial charge in [-0.1, -0.05) is 36.4 Å². The quantitative estimate of drug-likeness (QED) is 0.738. The van der Waals surface area contributed by atoms with Crippen molar-refractivity contribution in [3.05, 3.63) is 66.2 Å². The van der Waals surface area contributed by atoms with E-state index in [0.717, 1.165) is 22.8 Å². The van der Waals surface area contributed by atoms with Gasteiger partial charge in [0.15, 0.2) is 11.5 Å². The fraction of sp³-hybridized carbons (Fsp3) is 0.238. The van der Waals surface area contributed by atoms with Crippen molar-refractivity contribution in [1.82, 2.24) is 4.72 Å². The van der Waals surface area contributed by atoms with E-state index in [-0.39, 0.29) is 10.9 Å². The zero-order valence-corrected chi connectivity index (χ0v) is 15.8. The molecule has 0 bridgehead atoms. The molecule has 3 aromatic carbocycles. The topological polar surface area (TPSA) is 64.6 Å². The third-order valence-electron chi connectivity index (χ3n) is 4.63. The zero-order chi connectivity index (χ0) is 18.9. The molecule has 4 rings (SSSR count). The molecule has 140 valence electrons. The molecule has 1 atom stereocenters. The lowest BCUT2D eigenvalue weighted by atomic mass is 10.0. The molecule has 1 heterocycles. The molecule has 27 heavy (non-hydrogen) atoms. The van der Waals surface area contributed by atoms with Crippen LogP contribution in [0.1, 0.15) is 24.9 Å². The van der Waals surface area contributed by atoms with E-state index in [4.69, 9.17) is 9.47 Å². The monoisotopic (exact) mass is 383 g/mol. The summed E-state index contributed by atoms with van der Waals surface area (Å²) < 4.78 is 39.6. The Hall–Kier alpha value is -2.57. The van der Waals surface area contributed by atoms with Crippen molar-refractivity contribution in [2.24, 2.45) is 0 Å². The van der Waals surface area contributed by atoms with Crippen LogP contribution in [-0.4, -0.2) is 21.6 Å². The maximum Gasteiger partial charge on any atom is 0.241 e. The summed E-state index contributed by atoms with van der Waals surface area (Å²) in [6.45, 7) is 2.92. The molecule has 0 amide bonds. The van der Waals surface area contributed by atoms with E-state index in [0.29, 0.717) is 24.7 Å². The summed E-state index contributed by atoms with van der Waals surface area (Å²) in [5, 5.41) is 2.20. The highest BCUT2D eigenvalue weighted by Gasteiger charge is 2.21. The first kappa shape index (κ1) is 17.8. The Morgan fingerprint density at radius 3 is 2.44 bits per heavy atom. The molecular weight excluding hydrogens is 362 g/mol. The molecule has 0 fully saturated rings. The standard InChI is InChI=1S/C21H21NO4S/c1-15(17-8-7-16-5-2-3-6-18(16)13-17)22-27(23,24)19-9-10-20-21(14-19)26-12-4-11-25-20/h2-3,5-10,13-15,22H,4,11-12H2,1H3. The average Bonchev–Trinajstić information content (AvgIpc) is 2.92. The number of benzene rings is 3. The van der Waals surface area contributed by atoms with Crippen molar-refractivity contribution in [1.29, 1.82) is 0 Å². The van der Waals surface area contributed by atoms with E-state index in [1.54, 1.807) is 12.1 Å². The number of rotatable bonds is 4. The number of hydrogen-bond acceptors (Lipinski definition) is 4. The highest BCUT2D eigenvalue weighted by molar-refractivity contribution is 7.89. The Morgan fingerprint density at radius 2 is 1.63 bits per heavy atom. The molecule has 1 N–H and O–H groups in total. The largest absolute Gasteiger partial charge is 0.490 e. The smallest absolute Gasteiger partial charge is 0.241 e. The number of sulfonamides is 1. The first-order valence-electron chi connectivity index (χ1n) is 8.94. The van der Waals surface area contributed by atoms with Crippen LogP contribution < -0.4 is 14.2 Å². The summed E-state index contributed by atoms with van der Waals surface area (Å²) in [6, 6.07) is 18.3. The summed E-state index contributed by atoms with van der Waals surface area (Å²) in [5.41, 5.74) is 0.909. The molecule has 0 saturated carbocycles. The maximum absolute atomic E-state index is 12.8. The minimum atomic E-state index is -3.69. The van der Waals surface area contributed by atoms with Crippen molar-refractivity contribution >= 4 is 20.8 Å². The molecule has 0 radical (unpaired) electrons. The molecule has 1 aliphatic rings. The highest BCUT2D eigenvalue weighted by Crippen LogP contribution is 2.32. The van der Waals surface area contributed by atoms with Gasteiger partial charge in [0.1, 0.15) is 0 Å². The van der Waals surface area contributed by atoms with Crippen molar-refractivity contribution < 1.29 is 17.9 Å². The van der Waals surface area contributed by atoms with Gasteiger partial charge in [0.2, 0.25) is 10.0 Å². The summed E-state index contributed by atoms with van der Waals surface area (Å²) in [5.74, 6) is 1.04. The van der Waals surface area contributed by atoms with Crippen molar-refractivity contribution in [3.8, 4) is 11.5 Å². The first-order chi connectivity index (χ1) is 13.0. The average molecular weight is 383 g/mol. The van der Waals surface area contributed by atoms with Crippen LogP contribution in [0, 0.1) is 0 Å². The third-order valence-corrected chi connectivity index (χ3v) is 6.17. The maximum atomic E-state index is 12.8. The molecular formula is C21H21NO4S. The van der Waals surface area contributed by atoms with Gasteiger partial charge >= 0.3 is 0 Å². The minimum Gasteiger partial charge on any atom is -0.490 e. The van der Waals surface area contributed by atoms with Crippen LogP contribution in [0.2, 0.25) is 0 Å².